The van der Waals surface area contributed by atoms with Crippen LogP contribution in [0, 0.1) is 0 Å². The Morgan fingerprint density at radius 3 is 2.92 bits per heavy atom. The van der Waals surface area contributed by atoms with Crippen molar-refractivity contribution in [2.75, 3.05) is 52.5 Å². The van der Waals surface area contributed by atoms with Crippen LogP contribution >= 0.6 is 0 Å². The molecule has 0 aromatic carbocycles. The summed E-state index contributed by atoms with van der Waals surface area (Å²) in [4.78, 5) is 7.05. The minimum Gasteiger partial charge on any atom is -0.390 e. The van der Waals surface area contributed by atoms with Crippen molar-refractivity contribution in [3.8, 4) is 0 Å². The van der Waals surface area contributed by atoms with Crippen molar-refractivity contribution in [2.45, 2.75) is 19.0 Å². The Morgan fingerprint density at radius 1 is 1.16 bits per heavy atom. The second kappa shape index (κ2) is 6.49. The van der Waals surface area contributed by atoms with Gasteiger partial charge in [0.25, 0.3) is 0 Å². The zero-order valence-electron chi connectivity index (χ0n) is 14.5. The normalized spacial score (nSPS) is 30.6. The van der Waals surface area contributed by atoms with E-state index in [0.717, 1.165) is 64.9 Å². The van der Waals surface area contributed by atoms with Crippen LogP contribution in [0.1, 0.15) is 12.8 Å². The van der Waals surface area contributed by atoms with Crippen molar-refractivity contribution in [1.82, 2.24) is 41.5 Å². The van der Waals surface area contributed by atoms with Gasteiger partial charge in [-0.3, -0.25) is 5.32 Å². The molecule has 0 saturated carbocycles. The van der Waals surface area contributed by atoms with E-state index in [-0.39, 0.29) is 6.17 Å². The maximum Gasteiger partial charge on any atom is 0.196 e. The van der Waals surface area contributed by atoms with Gasteiger partial charge < -0.3 is 15.5 Å². The quantitative estimate of drug-likeness (QED) is 0.495. The number of hydrazine groups is 3. The average Bonchev–Trinajstić information content (AvgIpc) is 3.48. The molecule has 1 unspecified atom stereocenters. The van der Waals surface area contributed by atoms with Crippen LogP contribution < -0.4 is 21.4 Å². The highest BCUT2D eigenvalue weighted by Gasteiger charge is 2.39. The van der Waals surface area contributed by atoms with Gasteiger partial charge in [-0.05, 0) is 24.5 Å². The van der Waals surface area contributed by atoms with E-state index in [1.165, 1.54) is 17.7 Å². The van der Waals surface area contributed by atoms with Gasteiger partial charge in [-0.25, -0.2) is 15.5 Å². The van der Waals surface area contributed by atoms with Crippen LogP contribution in [0.2, 0.25) is 0 Å². The molecule has 0 amide bonds. The highest BCUT2D eigenvalue weighted by molar-refractivity contribution is 5.82. The van der Waals surface area contributed by atoms with E-state index >= 15 is 0 Å². The number of hydrogen-bond acceptors (Lipinski definition) is 9. The largest absolute Gasteiger partial charge is 0.390 e. The first-order chi connectivity index (χ1) is 12.4. The number of allylic oxidation sites excluding steroid dienone is 1. The number of nitrogens with one attached hydrogen (secondary N) is 4. The molecular weight excluding hydrogens is 318 g/mol. The van der Waals surface area contributed by atoms with E-state index in [1.807, 2.05) is 0 Å². The third-order valence-corrected chi connectivity index (χ3v) is 5.37. The summed E-state index contributed by atoms with van der Waals surface area (Å²) in [6.45, 7) is 7.74. The van der Waals surface area contributed by atoms with Gasteiger partial charge in [0.15, 0.2) is 5.96 Å². The van der Waals surface area contributed by atoms with E-state index < -0.39 is 0 Å². The summed E-state index contributed by atoms with van der Waals surface area (Å²) < 4.78 is 0. The van der Waals surface area contributed by atoms with E-state index in [0.29, 0.717) is 0 Å². The number of nitrogens with zero attached hydrogens (tertiary/aromatic N) is 5. The standard InChI is InChI=1S/C16H27N9/c1-4-20-24(7-1)25-14(13-2-5-17-10-13)3-8-23(25)15-11-19-16(21-15)22-9-6-18-12-22/h3,10,15,17-18,20H,1-2,4-9,11-12H2,(H,19,21). The molecule has 0 spiro atoms. The smallest absolute Gasteiger partial charge is 0.196 e. The van der Waals surface area contributed by atoms with Crippen LogP contribution in [-0.2, 0) is 0 Å². The Balaban J connectivity index is 1.32. The lowest BCUT2D eigenvalue weighted by Gasteiger charge is -2.41. The third-order valence-electron chi connectivity index (χ3n) is 5.37. The molecule has 4 N–H and O–H groups in total. The van der Waals surface area contributed by atoms with Gasteiger partial charge in [0.05, 0.1) is 18.9 Å². The van der Waals surface area contributed by atoms with Crippen LogP contribution in [0.4, 0.5) is 0 Å². The first-order valence-corrected chi connectivity index (χ1v) is 9.37. The zero-order valence-corrected chi connectivity index (χ0v) is 14.5. The summed E-state index contributed by atoms with van der Waals surface area (Å²) >= 11 is 0. The predicted octanol–water partition coefficient (Wildman–Crippen LogP) is -1.45. The molecule has 25 heavy (non-hydrogen) atoms. The SMILES string of the molecule is C1=C(C2=CCN(C3CN=C(N4CCNC4)N3)N2N2CCCN2)CCN1. The molecule has 1 atom stereocenters. The third kappa shape index (κ3) is 2.77. The van der Waals surface area contributed by atoms with E-state index in [9.17, 15) is 0 Å². The number of rotatable bonds is 3. The highest BCUT2D eigenvalue weighted by atomic mass is 16.0. The van der Waals surface area contributed by atoms with E-state index in [1.54, 1.807) is 0 Å². The second-order valence-electron chi connectivity index (χ2n) is 7.01. The molecule has 5 aliphatic rings. The van der Waals surface area contributed by atoms with Crippen LogP contribution in [-0.4, -0.2) is 84.8 Å². The fourth-order valence-corrected chi connectivity index (χ4v) is 4.08. The Hall–Kier alpha value is -1.81. The summed E-state index contributed by atoms with van der Waals surface area (Å²) in [6, 6.07) is 0. The Morgan fingerprint density at radius 2 is 2.16 bits per heavy atom. The Kier molecular flexibility index (Phi) is 4.01. The monoisotopic (exact) mass is 345 g/mol. The number of aliphatic imine (C=N–C) groups is 1. The summed E-state index contributed by atoms with van der Waals surface area (Å²) in [5.74, 6) is 1.03. The maximum absolute atomic E-state index is 4.76. The van der Waals surface area contributed by atoms with Crippen LogP contribution in [0.5, 0.6) is 0 Å². The molecule has 2 saturated heterocycles. The first-order valence-electron chi connectivity index (χ1n) is 9.37. The van der Waals surface area contributed by atoms with Gasteiger partial charge >= 0.3 is 0 Å². The molecule has 2 fully saturated rings. The number of guanidine groups is 1. The molecule has 0 aromatic rings. The first kappa shape index (κ1) is 15.4. The molecule has 0 bridgehead atoms. The van der Waals surface area contributed by atoms with E-state index in [2.05, 4.69) is 53.8 Å². The van der Waals surface area contributed by atoms with Gasteiger partial charge in [-0.2, -0.15) is 5.01 Å². The summed E-state index contributed by atoms with van der Waals surface area (Å²) in [7, 11) is 0. The predicted molar refractivity (Wildman–Crippen MR) is 95.5 cm³/mol. The molecule has 5 aliphatic heterocycles. The fourth-order valence-electron chi connectivity index (χ4n) is 4.08. The van der Waals surface area contributed by atoms with Gasteiger partial charge in [-0.1, -0.05) is 0 Å². The molecule has 5 rings (SSSR count). The summed E-state index contributed by atoms with van der Waals surface area (Å²) in [5.41, 5.74) is 6.21. The molecule has 9 heteroatoms. The van der Waals surface area contributed by atoms with E-state index in [4.69, 9.17) is 4.99 Å². The lowest BCUT2D eigenvalue weighted by molar-refractivity contribution is -0.171. The Labute approximate surface area is 148 Å². The lowest BCUT2D eigenvalue weighted by Crippen LogP contribution is -2.60. The van der Waals surface area contributed by atoms with Gasteiger partial charge in [0.2, 0.25) is 0 Å². The van der Waals surface area contributed by atoms with Crippen LogP contribution in [0.3, 0.4) is 0 Å². The summed E-state index contributed by atoms with van der Waals surface area (Å²) in [6.07, 6.45) is 6.97. The minimum absolute atomic E-state index is 0.196. The summed E-state index contributed by atoms with van der Waals surface area (Å²) in [5, 5.41) is 17.3. The topological polar surface area (TPSA) is 73.4 Å². The molecule has 5 heterocycles. The fraction of sp³-hybridized carbons (Fsp3) is 0.688. The highest BCUT2D eigenvalue weighted by Crippen LogP contribution is 2.30. The Bertz CT molecular complexity index is 601. The van der Waals surface area contributed by atoms with Gasteiger partial charge in [0, 0.05) is 45.5 Å². The average molecular weight is 345 g/mol. The van der Waals surface area contributed by atoms with Crippen LogP contribution in [0.25, 0.3) is 0 Å². The lowest BCUT2D eigenvalue weighted by atomic mass is 10.2. The van der Waals surface area contributed by atoms with Crippen molar-refractivity contribution in [3.63, 3.8) is 0 Å². The van der Waals surface area contributed by atoms with Crippen molar-refractivity contribution in [3.05, 3.63) is 23.5 Å². The van der Waals surface area contributed by atoms with Crippen molar-refractivity contribution in [2.24, 2.45) is 4.99 Å². The minimum atomic E-state index is 0.196. The van der Waals surface area contributed by atoms with Crippen molar-refractivity contribution in [1.29, 1.82) is 0 Å². The van der Waals surface area contributed by atoms with Crippen LogP contribution in [0.15, 0.2) is 28.5 Å². The zero-order chi connectivity index (χ0) is 16.6. The second-order valence-corrected chi connectivity index (χ2v) is 7.01. The van der Waals surface area contributed by atoms with Crippen molar-refractivity contribution < 1.29 is 0 Å². The molecule has 0 aliphatic carbocycles. The molecule has 136 valence electrons. The number of hydrogen-bond donors (Lipinski definition) is 4. The molecule has 0 aromatic heterocycles. The molecule has 9 nitrogen and oxygen atoms in total. The van der Waals surface area contributed by atoms with Gasteiger partial charge in [-0.15, -0.1) is 5.12 Å². The van der Waals surface area contributed by atoms with Crippen molar-refractivity contribution >= 4 is 5.96 Å². The maximum atomic E-state index is 4.76. The van der Waals surface area contributed by atoms with Gasteiger partial charge in [0.1, 0.15) is 6.17 Å². The molecule has 0 radical (unpaired) electrons. The molecular formula is C16H27N9.